The highest BCUT2D eigenvalue weighted by molar-refractivity contribution is 5.74. The fourth-order valence-corrected chi connectivity index (χ4v) is 2.76. The molecule has 0 unspecified atom stereocenters. The van der Waals surface area contributed by atoms with Gasteiger partial charge >= 0.3 is 5.97 Å². The van der Waals surface area contributed by atoms with Crippen LogP contribution in [0.15, 0.2) is 43.0 Å². The van der Waals surface area contributed by atoms with Crippen LogP contribution in [-0.2, 0) is 9.53 Å². The number of ether oxygens (including phenoxy) is 1. The van der Waals surface area contributed by atoms with Crippen molar-refractivity contribution in [3.63, 3.8) is 0 Å². The van der Waals surface area contributed by atoms with E-state index in [9.17, 15) is 4.79 Å². The van der Waals surface area contributed by atoms with Crippen molar-refractivity contribution in [2.45, 2.75) is 25.8 Å². The number of cyclic esters (lactones) is 1. The Labute approximate surface area is 130 Å². The molecule has 3 rings (SSSR count). The van der Waals surface area contributed by atoms with Crippen molar-refractivity contribution in [3.8, 4) is 5.69 Å². The first-order valence-electron chi connectivity index (χ1n) is 7.72. The highest BCUT2D eigenvalue weighted by Crippen LogP contribution is 2.19. The van der Waals surface area contributed by atoms with Crippen LogP contribution < -0.4 is 5.32 Å². The van der Waals surface area contributed by atoms with Gasteiger partial charge in [-0.15, -0.1) is 0 Å². The predicted octanol–water partition coefficient (Wildman–Crippen LogP) is 2.48. The number of benzene rings is 1. The third kappa shape index (κ3) is 3.36. The van der Waals surface area contributed by atoms with Crippen molar-refractivity contribution < 1.29 is 9.53 Å². The zero-order chi connectivity index (χ0) is 15.4. The van der Waals surface area contributed by atoms with Crippen LogP contribution in [0.5, 0.6) is 0 Å². The van der Waals surface area contributed by atoms with Crippen molar-refractivity contribution in [2.24, 2.45) is 5.92 Å². The minimum absolute atomic E-state index is 0.0449. The van der Waals surface area contributed by atoms with Gasteiger partial charge < -0.3 is 14.6 Å². The Morgan fingerprint density at radius 3 is 3.14 bits per heavy atom. The summed E-state index contributed by atoms with van der Waals surface area (Å²) in [5.74, 6) is 0.0218. The molecule has 1 aromatic heterocycles. The van der Waals surface area contributed by atoms with E-state index in [1.165, 1.54) is 5.56 Å². The molecular formula is C17H21N3O2. The summed E-state index contributed by atoms with van der Waals surface area (Å²) in [6.07, 6.45) is 7.19. The summed E-state index contributed by atoms with van der Waals surface area (Å²) in [6.45, 7) is 3.53. The zero-order valence-corrected chi connectivity index (χ0v) is 12.7. The van der Waals surface area contributed by atoms with Gasteiger partial charge in [0.25, 0.3) is 0 Å². The van der Waals surface area contributed by atoms with Crippen LogP contribution in [0.3, 0.4) is 0 Å². The Morgan fingerprint density at radius 2 is 2.41 bits per heavy atom. The summed E-state index contributed by atoms with van der Waals surface area (Å²) < 4.78 is 6.98. The lowest BCUT2D eigenvalue weighted by atomic mass is 10.0. The first-order chi connectivity index (χ1) is 10.7. The van der Waals surface area contributed by atoms with Crippen molar-refractivity contribution in [3.05, 3.63) is 48.5 Å². The summed E-state index contributed by atoms with van der Waals surface area (Å²) in [6, 6.07) is 8.62. The first-order valence-corrected chi connectivity index (χ1v) is 7.72. The van der Waals surface area contributed by atoms with Crippen molar-refractivity contribution in [1.29, 1.82) is 0 Å². The van der Waals surface area contributed by atoms with Crippen molar-refractivity contribution in [1.82, 2.24) is 14.9 Å². The number of aromatic nitrogens is 2. The number of imidazole rings is 1. The molecule has 22 heavy (non-hydrogen) atoms. The number of nitrogens with zero attached hydrogens (tertiary/aromatic N) is 2. The van der Waals surface area contributed by atoms with Gasteiger partial charge in [0.15, 0.2) is 0 Å². The Balaban J connectivity index is 1.57. The second kappa shape index (κ2) is 6.75. The summed E-state index contributed by atoms with van der Waals surface area (Å²) in [5, 5.41) is 3.49. The summed E-state index contributed by atoms with van der Waals surface area (Å²) in [7, 11) is 0. The number of rotatable bonds is 6. The average Bonchev–Trinajstić information content (AvgIpc) is 3.20. The molecule has 2 atom stereocenters. The third-order valence-electron chi connectivity index (χ3n) is 4.16. The van der Waals surface area contributed by atoms with Gasteiger partial charge in [0.1, 0.15) is 0 Å². The molecular weight excluding hydrogens is 278 g/mol. The maximum absolute atomic E-state index is 11.4. The van der Waals surface area contributed by atoms with E-state index in [2.05, 4.69) is 41.5 Å². The quantitative estimate of drug-likeness (QED) is 0.833. The van der Waals surface area contributed by atoms with Gasteiger partial charge in [-0.1, -0.05) is 12.1 Å². The zero-order valence-electron chi connectivity index (χ0n) is 12.7. The highest BCUT2D eigenvalue weighted by atomic mass is 16.5. The molecule has 5 heteroatoms. The lowest BCUT2D eigenvalue weighted by Crippen LogP contribution is -2.23. The second-order valence-corrected chi connectivity index (χ2v) is 5.68. The van der Waals surface area contributed by atoms with Gasteiger partial charge in [-0.2, -0.15) is 0 Å². The molecule has 0 amide bonds. The molecule has 1 saturated heterocycles. The molecule has 0 bridgehead atoms. The topological polar surface area (TPSA) is 56.1 Å². The average molecular weight is 299 g/mol. The predicted molar refractivity (Wildman–Crippen MR) is 83.7 cm³/mol. The summed E-state index contributed by atoms with van der Waals surface area (Å²) in [4.78, 5) is 15.5. The van der Waals surface area contributed by atoms with E-state index in [-0.39, 0.29) is 17.9 Å². The fraction of sp³-hybridized carbons (Fsp3) is 0.412. The number of carbonyl (C=O) groups excluding carboxylic acids is 1. The van der Waals surface area contributed by atoms with Crippen LogP contribution in [0.1, 0.15) is 31.4 Å². The standard InChI is InChI=1S/C17H21N3O2/c1-13(19-7-5-14-6-10-22-17(14)21)15-3-2-4-16(11-15)20-9-8-18-12-20/h2-4,8-9,11-14,19H,5-7,10H2,1H3/t13-,14-/m1/s1. The monoisotopic (exact) mass is 299 g/mol. The van der Waals surface area contributed by atoms with Crippen LogP contribution in [0.2, 0.25) is 0 Å². The van der Waals surface area contributed by atoms with E-state index in [1.807, 2.05) is 10.8 Å². The number of carbonyl (C=O) groups is 1. The molecule has 2 aromatic rings. The number of esters is 1. The van der Waals surface area contributed by atoms with Crippen LogP contribution in [0.25, 0.3) is 5.69 Å². The van der Waals surface area contributed by atoms with E-state index in [4.69, 9.17) is 4.74 Å². The molecule has 0 radical (unpaired) electrons. The normalized spacial score (nSPS) is 19.1. The molecule has 1 fully saturated rings. The van der Waals surface area contributed by atoms with Crippen LogP contribution in [0.4, 0.5) is 0 Å². The van der Waals surface area contributed by atoms with Gasteiger partial charge in [0.2, 0.25) is 0 Å². The molecule has 0 aliphatic carbocycles. The van der Waals surface area contributed by atoms with Crippen LogP contribution in [0, 0.1) is 5.92 Å². The maximum Gasteiger partial charge on any atom is 0.309 e. The van der Waals surface area contributed by atoms with Gasteiger partial charge in [0.05, 0.1) is 18.9 Å². The Hall–Kier alpha value is -2.14. The lowest BCUT2D eigenvalue weighted by Gasteiger charge is -2.16. The van der Waals surface area contributed by atoms with E-state index >= 15 is 0 Å². The van der Waals surface area contributed by atoms with Gasteiger partial charge in [-0.25, -0.2) is 4.98 Å². The Morgan fingerprint density at radius 1 is 1.50 bits per heavy atom. The molecule has 1 N–H and O–H groups in total. The van der Waals surface area contributed by atoms with E-state index in [1.54, 1.807) is 12.5 Å². The molecule has 5 nitrogen and oxygen atoms in total. The summed E-state index contributed by atoms with van der Waals surface area (Å²) >= 11 is 0. The van der Waals surface area contributed by atoms with Crippen LogP contribution in [-0.4, -0.2) is 28.7 Å². The van der Waals surface area contributed by atoms with Crippen molar-refractivity contribution >= 4 is 5.97 Å². The number of nitrogens with one attached hydrogen (secondary N) is 1. The first kappa shape index (κ1) is 14.8. The highest BCUT2D eigenvalue weighted by Gasteiger charge is 2.25. The van der Waals surface area contributed by atoms with Crippen molar-refractivity contribution in [2.75, 3.05) is 13.2 Å². The van der Waals surface area contributed by atoms with Gasteiger partial charge in [-0.05, 0) is 44.0 Å². The van der Waals surface area contributed by atoms with E-state index in [0.717, 1.165) is 25.1 Å². The fourth-order valence-electron chi connectivity index (χ4n) is 2.76. The molecule has 2 heterocycles. The van der Waals surface area contributed by atoms with E-state index < -0.39 is 0 Å². The largest absolute Gasteiger partial charge is 0.465 e. The molecule has 0 saturated carbocycles. The SMILES string of the molecule is C[C@@H](NCC[C@@H]1CCOC1=O)c1cccc(-n2ccnc2)c1. The molecule has 0 spiro atoms. The summed E-state index contributed by atoms with van der Waals surface area (Å²) in [5.41, 5.74) is 2.32. The lowest BCUT2D eigenvalue weighted by molar-refractivity contribution is -0.141. The molecule has 1 aliphatic heterocycles. The smallest absolute Gasteiger partial charge is 0.309 e. The Bertz CT molecular complexity index is 625. The Kier molecular flexibility index (Phi) is 4.53. The van der Waals surface area contributed by atoms with Gasteiger partial charge in [0, 0.05) is 24.1 Å². The number of hydrogen-bond acceptors (Lipinski definition) is 4. The van der Waals surface area contributed by atoms with Crippen LogP contribution >= 0.6 is 0 Å². The maximum atomic E-state index is 11.4. The molecule has 116 valence electrons. The second-order valence-electron chi connectivity index (χ2n) is 5.68. The molecule has 1 aliphatic rings. The van der Waals surface area contributed by atoms with E-state index in [0.29, 0.717) is 6.61 Å². The minimum atomic E-state index is -0.0449. The molecule has 1 aromatic carbocycles. The number of hydrogen-bond donors (Lipinski definition) is 1. The third-order valence-corrected chi connectivity index (χ3v) is 4.16. The van der Waals surface area contributed by atoms with Gasteiger partial charge in [-0.3, -0.25) is 4.79 Å². The minimum Gasteiger partial charge on any atom is -0.465 e.